The number of hydrazone groups is 1. The normalized spacial score (nSPS) is 10.6. The molecule has 0 unspecified atom stereocenters. The Morgan fingerprint density at radius 1 is 1.29 bits per heavy atom. The molecule has 0 spiro atoms. The van der Waals surface area contributed by atoms with Crippen LogP contribution in [0.5, 0.6) is 5.75 Å². The summed E-state index contributed by atoms with van der Waals surface area (Å²) in [6, 6.07) is 9.76. The topological polar surface area (TPSA) is 99.8 Å². The average Bonchev–Trinajstić information content (AvgIpc) is 2.52. The summed E-state index contributed by atoms with van der Waals surface area (Å²) in [6.45, 7) is 3.60. The largest absolute Gasteiger partial charge is 0.507 e. The molecule has 0 aliphatic rings. The Morgan fingerprint density at radius 3 is 2.54 bits per heavy atom. The highest BCUT2D eigenvalue weighted by atomic mass is 32.1. The van der Waals surface area contributed by atoms with Crippen LogP contribution in [0.2, 0.25) is 0 Å². The lowest BCUT2D eigenvalue weighted by Gasteiger charge is -2.07. The molecule has 2 aromatic carbocycles. The quantitative estimate of drug-likeness (QED) is 0.341. The number of para-hydroxylation sites is 2. The second-order valence-electron chi connectivity index (χ2n) is 5.10. The highest BCUT2D eigenvalue weighted by Crippen LogP contribution is 2.23. The molecule has 3 N–H and O–H groups in total. The van der Waals surface area contributed by atoms with Gasteiger partial charge in [-0.05, 0) is 61.0 Å². The molecule has 24 heavy (non-hydrogen) atoms. The van der Waals surface area contributed by atoms with Gasteiger partial charge in [-0.25, -0.2) is 0 Å². The minimum atomic E-state index is -0.490. The van der Waals surface area contributed by atoms with Gasteiger partial charge in [0.25, 0.3) is 5.69 Å². The molecule has 7 nitrogen and oxygen atoms in total. The van der Waals surface area contributed by atoms with Crippen LogP contribution < -0.4 is 10.7 Å². The second kappa shape index (κ2) is 7.51. The SMILES string of the molecule is Cc1cc(/C=N/NC(=S)Nc2ccccc2[N+](=O)[O-])cc(C)c1O. The molecule has 0 bridgehead atoms. The molecule has 0 radical (unpaired) electrons. The predicted octanol–water partition coefficient (Wildman–Crippen LogP) is 3.24. The van der Waals surface area contributed by atoms with Crippen LogP contribution in [0.1, 0.15) is 16.7 Å². The number of hydrogen-bond donors (Lipinski definition) is 3. The first kappa shape index (κ1) is 17.4. The third-order valence-electron chi connectivity index (χ3n) is 3.24. The Labute approximate surface area is 144 Å². The molecule has 0 heterocycles. The van der Waals surface area contributed by atoms with E-state index in [1.165, 1.54) is 6.07 Å². The van der Waals surface area contributed by atoms with Gasteiger partial charge in [-0.1, -0.05) is 12.1 Å². The number of phenols is 1. The third-order valence-corrected chi connectivity index (χ3v) is 3.44. The van der Waals surface area contributed by atoms with Gasteiger partial charge in [0.05, 0.1) is 11.1 Å². The van der Waals surface area contributed by atoms with Crippen molar-refractivity contribution >= 4 is 34.9 Å². The van der Waals surface area contributed by atoms with Gasteiger partial charge < -0.3 is 10.4 Å². The van der Waals surface area contributed by atoms with Crippen LogP contribution in [-0.4, -0.2) is 21.4 Å². The zero-order valence-electron chi connectivity index (χ0n) is 13.1. The minimum Gasteiger partial charge on any atom is -0.507 e. The van der Waals surface area contributed by atoms with Crippen molar-refractivity contribution in [1.29, 1.82) is 0 Å². The molecule has 2 aromatic rings. The number of phenolic OH excluding ortho intramolecular Hbond substituents is 1. The van der Waals surface area contributed by atoms with Gasteiger partial charge in [0.1, 0.15) is 11.4 Å². The summed E-state index contributed by atoms with van der Waals surface area (Å²) in [5.74, 6) is 0.258. The molecule has 0 aliphatic carbocycles. The Bertz CT molecular complexity index is 798. The summed E-state index contributed by atoms with van der Waals surface area (Å²) in [5, 5.41) is 27.5. The van der Waals surface area contributed by atoms with E-state index in [0.29, 0.717) is 0 Å². The standard InChI is InChI=1S/C16H16N4O3S/c1-10-7-12(8-11(2)15(10)21)9-17-19-16(24)18-13-5-3-4-6-14(13)20(22)23/h3-9,21H,1-2H3,(H2,18,19,24)/b17-9+. The molecule has 0 amide bonds. The van der Waals surface area contributed by atoms with E-state index in [9.17, 15) is 15.2 Å². The van der Waals surface area contributed by atoms with E-state index in [1.54, 1.807) is 50.4 Å². The Balaban J connectivity index is 2.03. The van der Waals surface area contributed by atoms with Crippen molar-refractivity contribution in [3.05, 3.63) is 63.2 Å². The minimum absolute atomic E-state index is 0.0737. The summed E-state index contributed by atoms with van der Waals surface area (Å²) < 4.78 is 0. The van der Waals surface area contributed by atoms with E-state index in [4.69, 9.17) is 12.2 Å². The Kier molecular flexibility index (Phi) is 5.43. The number of hydrogen-bond acceptors (Lipinski definition) is 5. The first-order valence-corrected chi connectivity index (χ1v) is 7.43. The monoisotopic (exact) mass is 344 g/mol. The molecule has 2 rings (SSSR count). The number of anilines is 1. The first-order chi connectivity index (χ1) is 11.4. The number of benzene rings is 2. The van der Waals surface area contributed by atoms with E-state index in [-0.39, 0.29) is 22.2 Å². The maximum atomic E-state index is 10.9. The summed E-state index contributed by atoms with van der Waals surface area (Å²) in [6.07, 6.45) is 1.55. The molecule has 124 valence electrons. The van der Waals surface area contributed by atoms with Crippen molar-refractivity contribution in [2.24, 2.45) is 5.10 Å². The number of thiocarbonyl (C=S) groups is 1. The second-order valence-corrected chi connectivity index (χ2v) is 5.51. The fourth-order valence-electron chi connectivity index (χ4n) is 2.12. The van der Waals surface area contributed by atoms with Crippen molar-refractivity contribution in [2.45, 2.75) is 13.8 Å². The van der Waals surface area contributed by atoms with Crippen LogP contribution in [0, 0.1) is 24.0 Å². The average molecular weight is 344 g/mol. The van der Waals surface area contributed by atoms with E-state index in [2.05, 4.69) is 15.8 Å². The van der Waals surface area contributed by atoms with Crippen molar-refractivity contribution in [3.63, 3.8) is 0 Å². The van der Waals surface area contributed by atoms with Crippen molar-refractivity contribution in [3.8, 4) is 5.75 Å². The fraction of sp³-hybridized carbons (Fsp3) is 0.125. The van der Waals surface area contributed by atoms with Gasteiger partial charge in [-0.3, -0.25) is 15.5 Å². The highest BCUT2D eigenvalue weighted by molar-refractivity contribution is 7.80. The number of nitro benzene ring substituents is 1. The van der Waals surface area contributed by atoms with Gasteiger partial charge in [-0.2, -0.15) is 5.10 Å². The first-order valence-electron chi connectivity index (χ1n) is 7.02. The lowest BCUT2D eigenvalue weighted by atomic mass is 10.1. The van der Waals surface area contributed by atoms with E-state index in [1.807, 2.05) is 0 Å². The Hall–Kier alpha value is -3.00. The summed E-state index contributed by atoms with van der Waals surface area (Å²) in [7, 11) is 0. The molecule has 0 saturated heterocycles. The molecule has 0 saturated carbocycles. The van der Waals surface area contributed by atoms with Crippen molar-refractivity contribution < 1.29 is 10.0 Å². The molecule has 0 fully saturated rings. The number of aryl methyl sites for hydroxylation is 2. The maximum absolute atomic E-state index is 10.9. The summed E-state index contributed by atoms with van der Waals surface area (Å²) in [4.78, 5) is 10.5. The van der Waals surface area contributed by atoms with Gasteiger partial charge >= 0.3 is 0 Å². The smallest absolute Gasteiger partial charge is 0.292 e. The third kappa shape index (κ3) is 4.26. The molecule has 0 aliphatic heterocycles. The van der Waals surface area contributed by atoms with Gasteiger partial charge in [0.2, 0.25) is 0 Å². The number of nitrogens with zero attached hydrogens (tertiary/aromatic N) is 2. The van der Waals surface area contributed by atoms with Crippen LogP contribution in [0.15, 0.2) is 41.5 Å². The van der Waals surface area contributed by atoms with E-state index >= 15 is 0 Å². The van der Waals surface area contributed by atoms with E-state index < -0.39 is 4.92 Å². The van der Waals surface area contributed by atoms with Gasteiger partial charge in [0, 0.05) is 6.07 Å². The van der Waals surface area contributed by atoms with Crippen molar-refractivity contribution in [2.75, 3.05) is 5.32 Å². The van der Waals surface area contributed by atoms with Crippen LogP contribution in [-0.2, 0) is 0 Å². The van der Waals surface area contributed by atoms with Crippen LogP contribution in [0.25, 0.3) is 0 Å². The molecular formula is C16H16N4O3S. The highest BCUT2D eigenvalue weighted by Gasteiger charge is 2.12. The van der Waals surface area contributed by atoms with Crippen molar-refractivity contribution in [1.82, 2.24) is 5.43 Å². The van der Waals surface area contributed by atoms with Gasteiger partial charge in [0.15, 0.2) is 5.11 Å². The Morgan fingerprint density at radius 2 is 1.92 bits per heavy atom. The van der Waals surface area contributed by atoms with E-state index in [0.717, 1.165) is 16.7 Å². The van der Waals surface area contributed by atoms with Crippen LogP contribution in [0.3, 0.4) is 0 Å². The molecule has 8 heteroatoms. The molecule has 0 atom stereocenters. The molecule has 0 aromatic heterocycles. The number of rotatable bonds is 4. The lowest BCUT2D eigenvalue weighted by Crippen LogP contribution is -2.24. The van der Waals surface area contributed by atoms with Crippen LogP contribution >= 0.6 is 12.2 Å². The maximum Gasteiger partial charge on any atom is 0.292 e. The number of aromatic hydroxyl groups is 1. The zero-order valence-corrected chi connectivity index (χ0v) is 13.9. The fourth-order valence-corrected chi connectivity index (χ4v) is 2.28. The lowest BCUT2D eigenvalue weighted by molar-refractivity contribution is -0.383. The van der Waals surface area contributed by atoms with Crippen LogP contribution in [0.4, 0.5) is 11.4 Å². The van der Waals surface area contributed by atoms with Gasteiger partial charge in [-0.15, -0.1) is 0 Å². The summed E-state index contributed by atoms with van der Waals surface area (Å²) in [5.41, 5.74) is 5.10. The predicted molar refractivity (Wildman–Crippen MR) is 97.6 cm³/mol. The number of nitro groups is 1. The molecular weight excluding hydrogens is 328 g/mol. The summed E-state index contributed by atoms with van der Waals surface area (Å²) >= 11 is 5.07. The zero-order chi connectivity index (χ0) is 17.7. The number of nitrogens with one attached hydrogen (secondary N) is 2.